The first-order valence-electron chi connectivity index (χ1n) is 7.57. The molecule has 0 aliphatic carbocycles. The lowest BCUT2D eigenvalue weighted by Crippen LogP contribution is -2.12. The van der Waals surface area contributed by atoms with Crippen LogP contribution < -0.4 is 14.2 Å². The summed E-state index contributed by atoms with van der Waals surface area (Å²) in [6.45, 7) is -0.130. The van der Waals surface area contributed by atoms with Gasteiger partial charge in [-0.3, -0.25) is 4.79 Å². The van der Waals surface area contributed by atoms with E-state index in [9.17, 15) is 9.59 Å². The molecule has 0 saturated heterocycles. The molecule has 0 radical (unpaired) electrons. The van der Waals surface area contributed by atoms with Gasteiger partial charge in [0.25, 0.3) is 0 Å². The molecule has 0 spiro atoms. The van der Waals surface area contributed by atoms with E-state index in [1.807, 2.05) is 0 Å². The minimum absolute atomic E-state index is 0.192. The third-order valence-corrected chi connectivity index (χ3v) is 3.57. The second kappa shape index (κ2) is 7.53. The van der Waals surface area contributed by atoms with Gasteiger partial charge in [-0.25, -0.2) is 4.79 Å². The van der Waals surface area contributed by atoms with Gasteiger partial charge in [0.15, 0.2) is 23.9 Å². The Bertz CT molecular complexity index is 807. The van der Waals surface area contributed by atoms with E-state index in [1.165, 1.54) is 6.08 Å². The molecule has 0 unspecified atom stereocenters. The molecule has 6 heteroatoms. The molecule has 1 aliphatic rings. The van der Waals surface area contributed by atoms with Crippen LogP contribution in [0.2, 0.25) is 0 Å². The highest BCUT2D eigenvalue weighted by atomic mass is 16.7. The zero-order valence-electron chi connectivity index (χ0n) is 13.6. The molecule has 128 valence electrons. The van der Waals surface area contributed by atoms with E-state index < -0.39 is 5.97 Å². The normalized spacial score (nSPS) is 12.2. The number of fused-ring (bicyclic) bond motifs is 1. The van der Waals surface area contributed by atoms with Crippen LogP contribution in [0.15, 0.2) is 48.5 Å². The number of carbonyl (C=O) groups is 2. The summed E-state index contributed by atoms with van der Waals surface area (Å²) in [5, 5.41) is 0. The molecular formula is C19H16O6. The number of carbonyl (C=O) groups excluding carboxylic acids is 2. The van der Waals surface area contributed by atoms with E-state index in [0.717, 1.165) is 5.56 Å². The van der Waals surface area contributed by atoms with E-state index in [0.29, 0.717) is 22.8 Å². The van der Waals surface area contributed by atoms with Crippen molar-refractivity contribution >= 4 is 17.8 Å². The van der Waals surface area contributed by atoms with Crippen molar-refractivity contribution in [3.8, 4) is 17.2 Å². The lowest BCUT2D eigenvalue weighted by molar-refractivity contribution is -0.136. The first-order valence-corrected chi connectivity index (χ1v) is 7.57. The standard InChI is InChI=1S/C19H16O6/c1-22-15-6-4-14(5-7-15)16(20)11-23-19(21)9-3-13-2-8-17-18(10-13)25-12-24-17/h2-10H,11-12H2,1H3. The highest BCUT2D eigenvalue weighted by Gasteiger charge is 2.12. The molecule has 0 atom stereocenters. The second-order valence-corrected chi connectivity index (χ2v) is 5.21. The average Bonchev–Trinajstić information content (AvgIpc) is 3.12. The van der Waals surface area contributed by atoms with E-state index in [2.05, 4.69) is 0 Å². The van der Waals surface area contributed by atoms with Crippen molar-refractivity contribution in [3.63, 3.8) is 0 Å². The average molecular weight is 340 g/mol. The van der Waals surface area contributed by atoms with Crippen molar-refractivity contribution in [3.05, 3.63) is 59.7 Å². The van der Waals surface area contributed by atoms with E-state index in [4.69, 9.17) is 18.9 Å². The fourth-order valence-corrected chi connectivity index (χ4v) is 2.23. The minimum Gasteiger partial charge on any atom is -0.497 e. The largest absolute Gasteiger partial charge is 0.497 e. The van der Waals surface area contributed by atoms with Crippen LogP contribution in [0.3, 0.4) is 0 Å². The topological polar surface area (TPSA) is 71.1 Å². The molecule has 0 amide bonds. The van der Waals surface area contributed by atoms with Crippen LogP contribution in [0.1, 0.15) is 15.9 Å². The first-order chi connectivity index (χ1) is 12.2. The summed E-state index contributed by atoms with van der Waals surface area (Å²) in [6.07, 6.45) is 2.85. The molecule has 6 nitrogen and oxygen atoms in total. The van der Waals surface area contributed by atoms with Gasteiger partial charge in [0.1, 0.15) is 5.75 Å². The second-order valence-electron chi connectivity index (χ2n) is 5.21. The smallest absolute Gasteiger partial charge is 0.331 e. The van der Waals surface area contributed by atoms with Crippen LogP contribution in [0.25, 0.3) is 6.08 Å². The van der Waals surface area contributed by atoms with Crippen molar-refractivity contribution in [1.29, 1.82) is 0 Å². The fourth-order valence-electron chi connectivity index (χ4n) is 2.23. The summed E-state index contributed by atoms with van der Waals surface area (Å²) in [6, 6.07) is 11.9. The van der Waals surface area contributed by atoms with Crippen molar-refractivity contribution in [1.82, 2.24) is 0 Å². The number of Topliss-reactive ketones (excluding diaryl/α,β-unsaturated/α-hetero) is 1. The maximum Gasteiger partial charge on any atom is 0.331 e. The number of hydrogen-bond acceptors (Lipinski definition) is 6. The van der Waals surface area contributed by atoms with Crippen LogP contribution in [0.5, 0.6) is 17.2 Å². The van der Waals surface area contributed by atoms with Gasteiger partial charge in [0, 0.05) is 11.6 Å². The van der Waals surface area contributed by atoms with Crippen molar-refractivity contribution in [2.24, 2.45) is 0 Å². The van der Waals surface area contributed by atoms with E-state index in [-0.39, 0.29) is 19.2 Å². The Morgan fingerprint density at radius 2 is 1.84 bits per heavy atom. The summed E-state index contributed by atoms with van der Waals surface area (Å²) in [5.74, 6) is 1.07. The lowest BCUT2D eigenvalue weighted by atomic mass is 10.1. The number of ether oxygens (including phenoxy) is 4. The monoisotopic (exact) mass is 340 g/mol. The van der Waals surface area contributed by atoms with Gasteiger partial charge in [-0.05, 0) is 48.0 Å². The van der Waals surface area contributed by atoms with Crippen molar-refractivity contribution in [2.75, 3.05) is 20.5 Å². The molecule has 1 aliphatic heterocycles. The lowest BCUT2D eigenvalue weighted by Gasteiger charge is -2.03. The van der Waals surface area contributed by atoms with Gasteiger partial charge in [-0.1, -0.05) is 6.07 Å². The molecule has 0 fully saturated rings. The summed E-state index contributed by atoms with van der Waals surface area (Å²) >= 11 is 0. The first kappa shape index (κ1) is 16.6. The Balaban J connectivity index is 1.52. The third-order valence-electron chi connectivity index (χ3n) is 3.57. The third kappa shape index (κ3) is 4.17. The number of esters is 1. The van der Waals surface area contributed by atoms with E-state index >= 15 is 0 Å². The van der Waals surface area contributed by atoms with Crippen molar-refractivity contribution < 1.29 is 28.5 Å². The Morgan fingerprint density at radius 1 is 1.08 bits per heavy atom. The van der Waals surface area contributed by atoms with Gasteiger partial charge >= 0.3 is 5.97 Å². The molecule has 2 aromatic carbocycles. The SMILES string of the molecule is COc1ccc(C(=O)COC(=O)C=Cc2ccc3c(c2)OCO3)cc1. The number of rotatable bonds is 6. The maximum atomic E-state index is 12.0. The summed E-state index contributed by atoms with van der Waals surface area (Å²) in [7, 11) is 1.55. The predicted octanol–water partition coefficient (Wildman–Crippen LogP) is 2.86. The Morgan fingerprint density at radius 3 is 2.60 bits per heavy atom. The van der Waals surface area contributed by atoms with E-state index in [1.54, 1.807) is 55.7 Å². The number of hydrogen-bond donors (Lipinski definition) is 0. The number of ketones is 1. The van der Waals surface area contributed by atoms with Gasteiger partial charge in [0.2, 0.25) is 6.79 Å². The molecule has 2 aromatic rings. The van der Waals surface area contributed by atoms with Gasteiger partial charge in [-0.15, -0.1) is 0 Å². The van der Waals surface area contributed by atoms with Crippen LogP contribution in [-0.2, 0) is 9.53 Å². The summed E-state index contributed by atoms with van der Waals surface area (Å²) < 4.78 is 20.5. The van der Waals surface area contributed by atoms with Gasteiger partial charge in [-0.2, -0.15) is 0 Å². The zero-order chi connectivity index (χ0) is 17.6. The molecule has 1 heterocycles. The Labute approximate surface area is 144 Å². The molecule has 0 N–H and O–H groups in total. The molecule has 0 saturated carbocycles. The zero-order valence-corrected chi connectivity index (χ0v) is 13.6. The molecule has 0 aromatic heterocycles. The summed E-state index contributed by atoms with van der Waals surface area (Å²) in [4.78, 5) is 23.7. The molecule has 0 bridgehead atoms. The van der Waals surface area contributed by atoms with Gasteiger partial charge in [0.05, 0.1) is 7.11 Å². The number of benzene rings is 2. The van der Waals surface area contributed by atoms with Gasteiger partial charge < -0.3 is 18.9 Å². The number of methoxy groups -OCH3 is 1. The van der Waals surface area contributed by atoms with Crippen molar-refractivity contribution in [2.45, 2.75) is 0 Å². The highest BCUT2D eigenvalue weighted by molar-refractivity contribution is 5.99. The Hall–Kier alpha value is -3.28. The van der Waals surface area contributed by atoms with Crippen LogP contribution in [-0.4, -0.2) is 32.3 Å². The van der Waals surface area contributed by atoms with Crippen LogP contribution in [0.4, 0.5) is 0 Å². The maximum absolute atomic E-state index is 12.0. The molecular weight excluding hydrogens is 324 g/mol. The minimum atomic E-state index is -0.598. The molecule has 3 rings (SSSR count). The highest BCUT2D eigenvalue weighted by Crippen LogP contribution is 2.32. The van der Waals surface area contributed by atoms with Crippen LogP contribution in [0, 0.1) is 0 Å². The summed E-state index contributed by atoms with van der Waals surface area (Å²) in [5.41, 5.74) is 1.22. The Kier molecular flexibility index (Phi) is 4.99. The molecule has 25 heavy (non-hydrogen) atoms. The predicted molar refractivity (Wildman–Crippen MR) is 89.9 cm³/mol. The van der Waals surface area contributed by atoms with Crippen LogP contribution >= 0.6 is 0 Å². The fraction of sp³-hybridized carbons (Fsp3) is 0.158. The quantitative estimate of drug-likeness (QED) is 0.457.